The third-order valence-electron chi connectivity index (χ3n) is 2.20. The van der Waals surface area contributed by atoms with Crippen molar-refractivity contribution in [2.75, 3.05) is 0 Å². The van der Waals surface area contributed by atoms with Crippen LogP contribution < -0.4 is 10.9 Å². The third kappa shape index (κ3) is 1.88. The average Bonchev–Trinajstić information content (AvgIpc) is 2.33. The molecule has 1 heterocycles. The van der Waals surface area contributed by atoms with Crippen molar-refractivity contribution >= 4 is 5.69 Å². The standard InChI is InChI=1S/C12H6N2O3/c1-7-6-8(4-5-13-7)2-3-9-10(14-17)12(16)11(9)15/h4-6H,1H3. The predicted octanol–water partition coefficient (Wildman–Crippen LogP) is 0.784. The maximum atomic E-state index is 11.1. The van der Waals surface area contributed by atoms with E-state index in [9.17, 15) is 14.5 Å². The molecule has 0 bridgehead atoms. The van der Waals surface area contributed by atoms with Gasteiger partial charge in [-0.15, -0.1) is 4.91 Å². The Balaban J connectivity index is 2.41. The molecule has 0 N–H and O–H groups in total. The summed E-state index contributed by atoms with van der Waals surface area (Å²) in [5.41, 5.74) is -0.668. The summed E-state index contributed by atoms with van der Waals surface area (Å²) in [4.78, 5) is 36.2. The summed E-state index contributed by atoms with van der Waals surface area (Å²) in [6, 6.07) is 3.39. The van der Waals surface area contributed by atoms with E-state index in [1.54, 1.807) is 25.3 Å². The fraction of sp³-hybridized carbons (Fsp3) is 0.0833. The van der Waals surface area contributed by atoms with Crippen LogP contribution in [0, 0.1) is 23.7 Å². The summed E-state index contributed by atoms with van der Waals surface area (Å²) in [5, 5.41) is 2.48. The molecular weight excluding hydrogens is 220 g/mol. The Kier molecular flexibility index (Phi) is 2.63. The molecule has 2 aromatic rings. The van der Waals surface area contributed by atoms with Crippen molar-refractivity contribution in [3.05, 3.63) is 60.5 Å². The van der Waals surface area contributed by atoms with Crippen LogP contribution in [0.1, 0.15) is 16.8 Å². The van der Waals surface area contributed by atoms with Crippen LogP contribution >= 0.6 is 0 Å². The number of nitrogens with zero attached hydrogens (tertiary/aromatic N) is 2. The van der Waals surface area contributed by atoms with Gasteiger partial charge in [0.2, 0.25) is 5.43 Å². The van der Waals surface area contributed by atoms with Gasteiger partial charge in [-0.3, -0.25) is 14.6 Å². The zero-order chi connectivity index (χ0) is 12.4. The molecule has 0 saturated carbocycles. The van der Waals surface area contributed by atoms with Gasteiger partial charge in [-0.2, -0.15) is 0 Å². The molecule has 1 aromatic carbocycles. The molecule has 2 rings (SSSR count). The summed E-state index contributed by atoms with van der Waals surface area (Å²) in [6.45, 7) is 1.81. The van der Waals surface area contributed by atoms with Crippen LogP contribution in [0.15, 0.2) is 33.1 Å². The Labute approximate surface area is 95.8 Å². The maximum Gasteiger partial charge on any atom is 0.257 e. The van der Waals surface area contributed by atoms with Crippen molar-refractivity contribution in [1.29, 1.82) is 0 Å². The zero-order valence-corrected chi connectivity index (χ0v) is 8.85. The van der Waals surface area contributed by atoms with E-state index in [1.807, 2.05) is 0 Å². The molecule has 0 spiro atoms. The molecule has 1 aromatic heterocycles. The molecule has 5 nitrogen and oxygen atoms in total. The highest BCUT2D eigenvalue weighted by Gasteiger charge is 2.19. The summed E-state index contributed by atoms with van der Waals surface area (Å²) in [6.07, 6.45) is 1.58. The topological polar surface area (TPSA) is 76.5 Å². The number of pyridine rings is 1. The lowest BCUT2D eigenvalue weighted by Gasteiger charge is -1.95. The van der Waals surface area contributed by atoms with Gasteiger partial charge in [-0.1, -0.05) is 11.8 Å². The Hall–Kier alpha value is -2.61. The van der Waals surface area contributed by atoms with Crippen molar-refractivity contribution < 1.29 is 0 Å². The lowest BCUT2D eigenvalue weighted by Crippen LogP contribution is -2.33. The molecule has 82 valence electrons. The van der Waals surface area contributed by atoms with E-state index in [1.165, 1.54) is 0 Å². The van der Waals surface area contributed by atoms with Crippen LogP contribution in [0.5, 0.6) is 0 Å². The largest absolute Gasteiger partial charge is 0.284 e. The van der Waals surface area contributed by atoms with Crippen LogP contribution in [-0.4, -0.2) is 4.98 Å². The Morgan fingerprint density at radius 3 is 2.65 bits per heavy atom. The van der Waals surface area contributed by atoms with Crippen molar-refractivity contribution in [3.8, 4) is 11.8 Å². The van der Waals surface area contributed by atoms with Gasteiger partial charge in [0.05, 0.1) is 0 Å². The van der Waals surface area contributed by atoms with Gasteiger partial charge in [-0.25, -0.2) is 0 Å². The molecule has 5 heteroatoms. The number of hydrogen-bond donors (Lipinski definition) is 0. The second-order valence-electron chi connectivity index (χ2n) is 3.41. The van der Waals surface area contributed by atoms with Crippen molar-refractivity contribution in [2.45, 2.75) is 6.92 Å². The van der Waals surface area contributed by atoms with Gasteiger partial charge in [-0.05, 0) is 24.2 Å². The fourth-order valence-electron chi connectivity index (χ4n) is 1.34. The maximum absolute atomic E-state index is 11.1. The summed E-state index contributed by atoms with van der Waals surface area (Å²) < 4.78 is 0. The minimum Gasteiger partial charge on any atom is -0.284 e. The van der Waals surface area contributed by atoms with Crippen LogP contribution in [0.4, 0.5) is 5.69 Å². The Bertz CT molecular complexity index is 728. The summed E-state index contributed by atoms with van der Waals surface area (Å²) in [7, 11) is 0. The van der Waals surface area contributed by atoms with Gasteiger partial charge in [0.25, 0.3) is 5.43 Å². The zero-order valence-electron chi connectivity index (χ0n) is 8.85. The Morgan fingerprint density at radius 1 is 1.24 bits per heavy atom. The minimum atomic E-state index is -0.866. The van der Waals surface area contributed by atoms with E-state index in [-0.39, 0.29) is 11.3 Å². The second kappa shape index (κ2) is 4.10. The molecule has 0 atom stereocenters. The van der Waals surface area contributed by atoms with Crippen LogP contribution in [0.25, 0.3) is 0 Å². The van der Waals surface area contributed by atoms with Gasteiger partial charge in [0.1, 0.15) is 5.56 Å². The van der Waals surface area contributed by atoms with Gasteiger partial charge >= 0.3 is 0 Å². The van der Waals surface area contributed by atoms with E-state index in [0.717, 1.165) is 5.69 Å². The number of aryl methyl sites for hydroxylation is 1. The first-order valence-corrected chi connectivity index (χ1v) is 4.75. The quantitative estimate of drug-likeness (QED) is 0.409. The van der Waals surface area contributed by atoms with E-state index in [0.29, 0.717) is 5.56 Å². The molecule has 0 saturated heterocycles. The third-order valence-corrected chi connectivity index (χ3v) is 2.20. The highest BCUT2D eigenvalue weighted by atomic mass is 16.3. The van der Waals surface area contributed by atoms with Crippen molar-refractivity contribution in [1.82, 2.24) is 4.98 Å². The van der Waals surface area contributed by atoms with Gasteiger partial charge in [0.15, 0.2) is 5.69 Å². The van der Waals surface area contributed by atoms with Crippen molar-refractivity contribution in [2.24, 2.45) is 5.18 Å². The monoisotopic (exact) mass is 226 g/mol. The molecular formula is C12H6N2O3. The number of aromatic nitrogens is 1. The van der Waals surface area contributed by atoms with Gasteiger partial charge in [0, 0.05) is 17.5 Å². The lowest BCUT2D eigenvalue weighted by atomic mass is 10.1. The van der Waals surface area contributed by atoms with Crippen molar-refractivity contribution in [3.63, 3.8) is 0 Å². The summed E-state index contributed by atoms with van der Waals surface area (Å²) in [5.74, 6) is 5.16. The van der Waals surface area contributed by atoms with E-state index in [4.69, 9.17) is 0 Å². The molecule has 0 radical (unpaired) electrons. The Morgan fingerprint density at radius 2 is 2.00 bits per heavy atom. The molecule has 17 heavy (non-hydrogen) atoms. The first kappa shape index (κ1) is 10.9. The van der Waals surface area contributed by atoms with Crippen LogP contribution in [-0.2, 0) is 0 Å². The van der Waals surface area contributed by atoms with Gasteiger partial charge < -0.3 is 0 Å². The average molecular weight is 226 g/mol. The normalized spacial score (nSPS) is 9.71. The first-order valence-electron chi connectivity index (χ1n) is 4.75. The van der Waals surface area contributed by atoms with E-state index in [2.05, 4.69) is 22.0 Å². The molecule has 0 amide bonds. The molecule has 0 fully saturated rings. The lowest BCUT2D eigenvalue weighted by molar-refractivity contribution is 1.19. The first-order chi connectivity index (χ1) is 8.13. The smallest absolute Gasteiger partial charge is 0.257 e. The minimum absolute atomic E-state index is 0.112. The highest BCUT2D eigenvalue weighted by molar-refractivity contribution is 5.61. The second-order valence-corrected chi connectivity index (χ2v) is 3.41. The number of hydrogen-bond acceptors (Lipinski definition) is 5. The van der Waals surface area contributed by atoms with E-state index < -0.39 is 10.9 Å². The van der Waals surface area contributed by atoms with Crippen LogP contribution in [0.3, 0.4) is 0 Å². The number of nitroso groups, excluding NO2 is 1. The van der Waals surface area contributed by atoms with E-state index >= 15 is 0 Å². The molecule has 0 aliphatic heterocycles. The summed E-state index contributed by atoms with van der Waals surface area (Å²) >= 11 is 0. The molecule has 0 aliphatic carbocycles. The predicted molar refractivity (Wildman–Crippen MR) is 61.8 cm³/mol. The molecule has 0 unspecified atom stereocenters. The van der Waals surface area contributed by atoms with Crippen LogP contribution in [0.2, 0.25) is 0 Å². The molecule has 0 aliphatic rings. The highest BCUT2D eigenvalue weighted by Crippen LogP contribution is 2.09. The number of rotatable bonds is 1. The SMILES string of the molecule is Cc1cc(C#Cc2c(N=O)c(=O)c2=O)ccn1. The fourth-order valence-corrected chi connectivity index (χ4v) is 1.34.